The molecule has 4 rings (SSSR count). The summed E-state index contributed by atoms with van der Waals surface area (Å²) in [6.07, 6.45) is 4.01. The first-order valence-electron chi connectivity index (χ1n) is 10.0. The van der Waals surface area contributed by atoms with Gasteiger partial charge in [-0.3, -0.25) is 9.98 Å². The van der Waals surface area contributed by atoms with Crippen LogP contribution in [0.4, 0.5) is 11.4 Å². The minimum atomic E-state index is 0. The van der Waals surface area contributed by atoms with Gasteiger partial charge in [0.2, 0.25) is 0 Å². The minimum Gasteiger partial charge on any atom is -0.507 e. The van der Waals surface area contributed by atoms with E-state index in [0.717, 1.165) is 22.5 Å². The zero-order valence-electron chi connectivity index (χ0n) is 17.6. The Morgan fingerprint density at radius 2 is 0.906 bits per heavy atom. The molecule has 0 fully saturated rings. The summed E-state index contributed by atoms with van der Waals surface area (Å²) in [7, 11) is 0. The largest absolute Gasteiger partial charge is 0.507 e. The number of benzene rings is 4. The van der Waals surface area contributed by atoms with Crippen LogP contribution in [-0.4, -0.2) is 22.6 Å². The zero-order valence-corrected chi connectivity index (χ0v) is 20.6. The van der Waals surface area contributed by atoms with Crippen LogP contribution in [0.3, 0.4) is 0 Å². The van der Waals surface area contributed by atoms with Gasteiger partial charge >= 0.3 is 0 Å². The molecule has 0 aliphatic carbocycles. The van der Waals surface area contributed by atoms with Gasteiger partial charge in [-0.1, -0.05) is 60.7 Å². The van der Waals surface area contributed by atoms with E-state index in [1.165, 1.54) is 0 Å². The van der Waals surface area contributed by atoms with Crippen LogP contribution in [0.25, 0.3) is 0 Å². The third kappa shape index (κ3) is 5.78. The first-order valence-corrected chi connectivity index (χ1v) is 10.0. The van der Waals surface area contributed by atoms with Gasteiger partial charge in [-0.15, -0.1) is 0 Å². The van der Waals surface area contributed by atoms with Crippen LogP contribution in [0.15, 0.2) is 107 Å². The standard InChI is InChI=1S/C27H22N2O2.Zn/c30-26-15-7-3-11-22(26)18-28-24-13-5-1-9-20(24)17-21-10-2-6-14-25(21)29-19-23-12-4-8-16-27(23)31;/h1-16,18-19,30-31H,17H2;. The molecule has 0 aromatic heterocycles. The molecule has 154 valence electrons. The van der Waals surface area contributed by atoms with Gasteiger partial charge in [0.05, 0.1) is 11.4 Å². The summed E-state index contributed by atoms with van der Waals surface area (Å²) in [5.41, 5.74) is 5.13. The average molecular weight is 472 g/mol. The number of hydrogen-bond acceptors (Lipinski definition) is 4. The molecule has 4 aromatic rings. The molecule has 32 heavy (non-hydrogen) atoms. The summed E-state index contributed by atoms with van der Waals surface area (Å²) in [6.45, 7) is 0. The molecule has 0 radical (unpaired) electrons. The summed E-state index contributed by atoms with van der Waals surface area (Å²) in [6, 6.07) is 30.1. The number of aliphatic imine (C=N–C) groups is 2. The fourth-order valence-electron chi connectivity index (χ4n) is 3.25. The molecule has 0 saturated carbocycles. The molecule has 0 heterocycles. The van der Waals surface area contributed by atoms with Gasteiger partial charge in [0.15, 0.2) is 0 Å². The summed E-state index contributed by atoms with van der Waals surface area (Å²) in [5, 5.41) is 20.0. The third-order valence-corrected chi connectivity index (χ3v) is 4.92. The zero-order chi connectivity index (χ0) is 21.5. The van der Waals surface area contributed by atoms with Crippen molar-refractivity contribution in [1.82, 2.24) is 0 Å². The molecule has 4 aromatic carbocycles. The summed E-state index contributed by atoms with van der Waals surface area (Å²) in [5.74, 6) is 0.403. The SMILES string of the molecule is Oc1ccccc1C=Nc1ccccc1Cc1ccccc1N=Cc1ccccc1O.[Zn]. The third-order valence-electron chi connectivity index (χ3n) is 4.92. The molecule has 0 saturated heterocycles. The van der Waals surface area contributed by atoms with Gasteiger partial charge in [0.25, 0.3) is 0 Å². The van der Waals surface area contributed by atoms with E-state index in [0.29, 0.717) is 17.5 Å². The minimum absolute atomic E-state index is 0. The van der Waals surface area contributed by atoms with E-state index in [9.17, 15) is 10.2 Å². The maximum Gasteiger partial charge on any atom is 0.124 e. The van der Waals surface area contributed by atoms with Gasteiger partial charge < -0.3 is 10.2 Å². The second kappa shape index (κ2) is 11.2. The van der Waals surface area contributed by atoms with E-state index >= 15 is 0 Å². The van der Waals surface area contributed by atoms with Crippen molar-refractivity contribution in [2.75, 3.05) is 0 Å². The average Bonchev–Trinajstić information content (AvgIpc) is 2.80. The molecular formula is C27H22N2O2Zn. The van der Waals surface area contributed by atoms with Crippen LogP contribution < -0.4 is 0 Å². The Kier molecular flexibility index (Phi) is 8.07. The van der Waals surface area contributed by atoms with Gasteiger partial charge in [-0.2, -0.15) is 0 Å². The number of rotatable bonds is 6. The quantitative estimate of drug-likeness (QED) is 0.260. The van der Waals surface area contributed by atoms with Crippen molar-refractivity contribution in [1.29, 1.82) is 0 Å². The predicted molar refractivity (Wildman–Crippen MR) is 126 cm³/mol. The van der Waals surface area contributed by atoms with Crippen LogP contribution in [0, 0.1) is 0 Å². The first kappa shape index (κ1) is 23.1. The summed E-state index contributed by atoms with van der Waals surface area (Å²) in [4.78, 5) is 9.22. The van der Waals surface area contributed by atoms with Crippen molar-refractivity contribution in [3.63, 3.8) is 0 Å². The molecular weight excluding hydrogens is 450 g/mol. The maximum absolute atomic E-state index is 9.98. The van der Waals surface area contributed by atoms with Crippen LogP contribution in [0.1, 0.15) is 22.3 Å². The Hall–Kier alpha value is -3.56. The van der Waals surface area contributed by atoms with Crippen LogP contribution in [0.5, 0.6) is 11.5 Å². The molecule has 0 atom stereocenters. The van der Waals surface area contributed by atoms with E-state index < -0.39 is 0 Å². The number of phenolic OH excluding ortho intramolecular Hbond substituents is 2. The Morgan fingerprint density at radius 1 is 0.531 bits per heavy atom. The first-order chi connectivity index (χ1) is 15.2. The molecule has 0 spiro atoms. The predicted octanol–water partition coefficient (Wildman–Crippen LogP) is 6.19. The molecule has 0 amide bonds. The van der Waals surface area contributed by atoms with E-state index in [4.69, 9.17) is 0 Å². The van der Waals surface area contributed by atoms with Crippen LogP contribution in [-0.2, 0) is 25.9 Å². The Balaban J connectivity index is 0.00000289. The van der Waals surface area contributed by atoms with E-state index in [1.807, 2.05) is 72.8 Å². The molecule has 4 nitrogen and oxygen atoms in total. The van der Waals surface area contributed by atoms with Gasteiger partial charge in [0.1, 0.15) is 11.5 Å². The van der Waals surface area contributed by atoms with Crippen molar-refractivity contribution < 1.29 is 29.7 Å². The van der Waals surface area contributed by atoms with Crippen LogP contribution in [0.2, 0.25) is 0 Å². The normalized spacial score (nSPS) is 11.0. The molecule has 2 N–H and O–H groups in total. The molecule has 0 aliphatic rings. The Morgan fingerprint density at radius 3 is 1.34 bits per heavy atom. The number of hydrogen-bond donors (Lipinski definition) is 2. The summed E-state index contributed by atoms with van der Waals surface area (Å²) >= 11 is 0. The van der Waals surface area contributed by atoms with Crippen molar-refractivity contribution in [3.8, 4) is 11.5 Å². The molecule has 0 bridgehead atoms. The summed E-state index contributed by atoms with van der Waals surface area (Å²) < 4.78 is 0. The Bertz CT molecular complexity index is 1150. The Labute approximate surface area is 200 Å². The number of aromatic hydroxyl groups is 2. The van der Waals surface area contributed by atoms with E-state index in [-0.39, 0.29) is 31.0 Å². The second-order valence-electron chi connectivity index (χ2n) is 7.07. The number of nitrogens with zero attached hydrogens (tertiary/aromatic N) is 2. The smallest absolute Gasteiger partial charge is 0.124 e. The van der Waals surface area contributed by atoms with Crippen molar-refractivity contribution in [3.05, 3.63) is 119 Å². The van der Waals surface area contributed by atoms with Gasteiger partial charge in [-0.25, -0.2) is 0 Å². The van der Waals surface area contributed by atoms with Gasteiger partial charge in [-0.05, 0) is 47.5 Å². The fraction of sp³-hybridized carbons (Fsp3) is 0.0370. The van der Waals surface area contributed by atoms with E-state index in [2.05, 4.69) is 9.98 Å². The van der Waals surface area contributed by atoms with Crippen LogP contribution >= 0.6 is 0 Å². The molecule has 5 heteroatoms. The van der Waals surface area contributed by atoms with Crippen molar-refractivity contribution in [2.45, 2.75) is 6.42 Å². The molecule has 0 unspecified atom stereocenters. The molecule has 0 aliphatic heterocycles. The van der Waals surface area contributed by atoms with Crippen molar-refractivity contribution in [2.24, 2.45) is 9.98 Å². The number of phenols is 2. The fourth-order valence-corrected chi connectivity index (χ4v) is 3.25. The number of para-hydroxylation sites is 4. The monoisotopic (exact) mass is 470 g/mol. The van der Waals surface area contributed by atoms with Gasteiger partial charge in [0, 0.05) is 49.5 Å². The second-order valence-corrected chi connectivity index (χ2v) is 7.07. The maximum atomic E-state index is 9.98. The van der Waals surface area contributed by atoms with E-state index in [1.54, 1.807) is 36.7 Å². The topological polar surface area (TPSA) is 65.2 Å². The van der Waals surface area contributed by atoms with Crippen molar-refractivity contribution >= 4 is 23.8 Å².